The molecule has 2 aliphatic heterocycles. The van der Waals surface area contributed by atoms with Gasteiger partial charge in [0.25, 0.3) is 11.8 Å². The molecule has 0 bridgehead atoms. The first-order valence-corrected chi connectivity index (χ1v) is 13.0. The molecule has 2 saturated heterocycles. The number of piperidine rings is 2. The van der Waals surface area contributed by atoms with Gasteiger partial charge >= 0.3 is 0 Å². The van der Waals surface area contributed by atoms with Crippen LogP contribution < -0.4 is 0 Å². The molecule has 34 heavy (non-hydrogen) atoms. The Labute approximate surface area is 203 Å². The van der Waals surface area contributed by atoms with E-state index in [1.54, 1.807) is 18.3 Å². The molecule has 0 spiro atoms. The van der Waals surface area contributed by atoms with Crippen LogP contribution >= 0.6 is 11.3 Å². The lowest BCUT2D eigenvalue weighted by atomic mass is 9.96. The van der Waals surface area contributed by atoms with Gasteiger partial charge in [-0.3, -0.25) is 9.59 Å². The highest BCUT2D eigenvalue weighted by atomic mass is 32.1. The van der Waals surface area contributed by atoms with E-state index in [-0.39, 0.29) is 23.8 Å². The highest BCUT2D eigenvalue weighted by Crippen LogP contribution is 2.33. The molecular weight excluding hydrogens is 448 g/mol. The summed E-state index contributed by atoms with van der Waals surface area (Å²) in [6.07, 6.45) is 4.98. The summed E-state index contributed by atoms with van der Waals surface area (Å²) in [4.78, 5) is 34.9. The lowest BCUT2D eigenvalue weighted by molar-refractivity contribution is 0.0630. The van der Waals surface area contributed by atoms with Crippen LogP contribution in [-0.2, 0) is 0 Å². The number of aryl methyl sites for hydroxylation is 1. The van der Waals surface area contributed by atoms with Crippen molar-refractivity contribution in [3.05, 3.63) is 57.7 Å². The highest BCUT2D eigenvalue weighted by molar-refractivity contribution is 7.09. The SMILES string of the molecule is Cc1onc(-c2ccccc2)c1C(=O)N1CCC(c2nc(C(=O)N3CCCCC3C)cs2)CC1. The molecule has 0 aliphatic carbocycles. The molecule has 0 saturated carbocycles. The largest absolute Gasteiger partial charge is 0.360 e. The van der Waals surface area contributed by atoms with Crippen molar-refractivity contribution in [3.8, 4) is 11.3 Å². The quantitative estimate of drug-likeness (QED) is 0.519. The molecular formula is C26H30N4O3S. The molecule has 1 aromatic carbocycles. The number of thiazole rings is 1. The minimum atomic E-state index is -0.0369. The van der Waals surface area contributed by atoms with Crippen molar-refractivity contribution in [2.45, 2.75) is 57.9 Å². The second kappa shape index (κ2) is 9.70. The number of benzene rings is 1. The highest BCUT2D eigenvalue weighted by Gasteiger charge is 2.32. The number of hydrogen-bond donors (Lipinski definition) is 0. The number of likely N-dealkylation sites (tertiary alicyclic amines) is 2. The summed E-state index contributed by atoms with van der Waals surface area (Å²) in [7, 11) is 0. The predicted molar refractivity (Wildman–Crippen MR) is 131 cm³/mol. The van der Waals surface area contributed by atoms with E-state index in [0.29, 0.717) is 35.8 Å². The summed E-state index contributed by atoms with van der Waals surface area (Å²) < 4.78 is 5.39. The summed E-state index contributed by atoms with van der Waals surface area (Å²) in [5, 5.41) is 7.07. The molecule has 5 rings (SSSR count). The molecule has 2 aliphatic rings. The van der Waals surface area contributed by atoms with Crippen molar-refractivity contribution >= 4 is 23.2 Å². The smallest absolute Gasteiger partial charge is 0.273 e. The van der Waals surface area contributed by atoms with Crippen molar-refractivity contribution in [1.82, 2.24) is 19.9 Å². The standard InChI is InChI=1S/C26H30N4O3S/c1-17-8-6-7-13-30(17)25(31)21-16-34-24(27-21)20-11-14-29(15-12-20)26(32)22-18(2)33-28-23(22)19-9-4-3-5-10-19/h3-5,9-10,16-17,20H,6-8,11-15H2,1-2H3. The topological polar surface area (TPSA) is 79.5 Å². The second-order valence-electron chi connectivity index (χ2n) is 9.31. The van der Waals surface area contributed by atoms with Gasteiger partial charge in [0.05, 0.1) is 5.01 Å². The summed E-state index contributed by atoms with van der Waals surface area (Å²) in [6, 6.07) is 9.95. The molecule has 8 heteroatoms. The van der Waals surface area contributed by atoms with E-state index in [4.69, 9.17) is 9.51 Å². The van der Waals surface area contributed by atoms with Gasteiger partial charge in [-0.25, -0.2) is 4.98 Å². The fraction of sp³-hybridized carbons (Fsp3) is 0.462. The zero-order chi connectivity index (χ0) is 23.7. The molecule has 7 nitrogen and oxygen atoms in total. The zero-order valence-electron chi connectivity index (χ0n) is 19.7. The lowest BCUT2D eigenvalue weighted by Gasteiger charge is -2.33. The van der Waals surface area contributed by atoms with Crippen LogP contribution in [0.1, 0.15) is 76.6 Å². The third kappa shape index (κ3) is 4.39. The van der Waals surface area contributed by atoms with Gasteiger partial charge in [0, 0.05) is 42.5 Å². The van der Waals surface area contributed by atoms with Gasteiger partial charge in [-0.2, -0.15) is 0 Å². The Morgan fingerprint density at radius 3 is 2.53 bits per heavy atom. The number of rotatable bonds is 4. The van der Waals surface area contributed by atoms with Gasteiger partial charge in [0.15, 0.2) is 0 Å². The fourth-order valence-electron chi connectivity index (χ4n) is 5.03. The summed E-state index contributed by atoms with van der Waals surface area (Å²) in [5.74, 6) is 0.830. The maximum absolute atomic E-state index is 13.4. The van der Waals surface area contributed by atoms with Crippen LogP contribution in [0.4, 0.5) is 0 Å². The Morgan fingerprint density at radius 2 is 1.79 bits per heavy atom. The molecule has 0 N–H and O–H groups in total. The number of carbonyl (C=O) groups excluding carboxylic acids is 2. The van der Waals surface area contributed by atoms with Crippen LogP contribution in [0, 0.1) is 6.92 Å². The number of amides is 2. The second-order valence-corrected chi connectivity index (χ2v) is 10.2. The van der Waals surface area contributed by atoms with Crippen molar-refractivity contribution < 1.29 is 14.1 Å². The van der Waals surface area contributed by atoms with Crippen molar-refractivity contribution in [2.24, 2.45) is 0 Å². The van der Waals surface area contributed by atoms with Crippen LogP contribution in [-0.4, -0.2) is 57.4 Å². The van der Waals surface area contributed by atoms with Gasteiger partial charge in [-0.05, 0) is 46.0 Å². The zero-order valence-corrected chi connectivity index (χ0v) is 20.5. The van der Waals surface area contributed by atoms with Crippen LogP contribution in [0.5, 0.6) is 0 Å². The average molecular weight is 479 g/mol. The minimum Gasteiger partial charge on any atom is -0.360 e. The first-order valence-electron chi connectivity index (χ1n) is 12.1. The van der Waals surface area contributed by atoms with Gasteiger partial charge in [0.1, 0.15) is 22.7 Å². The number of hydrogen-bond acceptors (Lipinski definition) is 6. The van der Waals surface area contributed by atoms with E-state index >= 15 is 0 Å². The molecule has 178 valence electrons. The summed E-state index contributed by atoms with van der Waals surface area (Å²) >= 11 is 1.57. The van der Waals surface area contributed by atoms with Crippen molar-refractivity contribution in [1.29, 1.82) is 0 Å². The molecule has 1 atom stereocenters. The fourth-order valence-corrected chi connectivity index (χ4v) is 5.99. The van der Waals surface area contributed by atoms with E-state index in [1.807, 2.05) is 45.5 Å². The Balaban J connectivity index is 1.24. The Bertz CT molecular complexity index is 1160. The number of nitrogens with zero attached hydrogens (tertiary/aromatic N) is 4. The lowest BCUT2D eigenvalue weighted by Crippen LogP contribution is -2.42. The average Bonchev–Trinajstić information content (AvgIpc) is 3.51. The summed E-state index contributed by atoms with van der Waals surface area (Å²) in [6.45, 7) is 6.03. The van der Waals surface area contributed by atoms with Crippen molar-refractivity contribution in [3.63, 3.8) is 0 Å². The first-order chi connectivity index (χ1) is 16.5. The molecule has 3 aromatic rings. The van der Waals surface area contributed by atoms with Crippen LogP contribution in [0.3, 0.4) is 0 Å². The maximum Gasteiger partial charge on any atom is 0.273 e. The van der Waals surface area contributed by atoms with E-state index in [0.717, 1.165) is 42.8 Å². The maximum atomic E-state index is 13.4. The molecule has 0 radical (unpaired) electrons. The molecule has 2 aromatic heterocycles. The monoisotopic (exact) mass is 478 g/mol. The predicted octanol–water partition coefficient (Wildman–Crippen LogP) is 5.14. The molecule has 2 amide bonds. The van der Waals surface area contributed by atoms with E-state index in [2.05, 4.69) is 12.1 Å². The van der Waals surface area contributed by atoms with Crippen LogP contribution in [0.2, 0.25) is 0 Å². The number of carbonyl (C=O) groups is 2. The van der Waals surface area contributed by atoms with Crippen LogP contribution in [0.25, 0.3) is 11.3 Å². The Hall–Kier alpha value is -3.00. The number of aromatic nitrogens is 2. The molecule has 4 heterocycles. The molecule has 2 fully saturated rings. The minimum absolute atomic E-state index is 0.0369. The van der Waals surface area contributed by atoms with Crippen molar-refractivity contribution in [2.75, 3.05) is 19.6 Å². The Morgan fingerprint density at radius 1 is 1.03 bits per heavy atom. The van der Waals surface area contributed by atoms with E-state index < -0.39 is 0 Å². The van der Waals surface area contributed by atoms with Gasteiger partial charge in [-0.15, -0.1) is 11.3 Å². The van der Waals surface area contributed by atoms with Gasteiger partial charge < -0.3 is 14.3 Å². The third-order valence-corrected chi connectivity index (χ3v) is 8.07. The molecule has 1 unspecified atom stereocenters. The van der Waals surface area contributed by atoms with Crippen LogP contribution in [0.15, 0.2) is 40.2 Å². The van der Waals surface area contributed by atoms with Gasteiger partial charge in [-0.1, -0.05) is 35.5 Å². The Kier molecular flexibility index (Phi) is 6.50. The first kappa shape index (κ1) is 22.8. The van der Waals surface area contributed by atoms with E-state index in [9.17, 15) is 9.59 Å². The summed E-state index contributed by atoms with van der Waals surface area (Å²) in [5.41, 5.74) is 2.59. The van der Waals surface area contributed by atoms with E-state index in [1.165, 1.54) is 6.42 Å². The third-order valence-electron chi connectivity index (χ3n) is 7.06. The van der Waals surface area contributed by atoms with Gasteiger partial charge in [0.2, 0.25) is 0 Å². The normalized spacial score (nSPS) is 19.4.